The molecule has 0 spiro atoms. The van der Waals surface area contributed by atoms with Crippen molar-refractivity contribution in [3.8, 4) is 5.88 Å². The number of pyridine rings is 1. The minimum atomic E-state index is -0.772. The molecule has 1 saturated heterocycles. The van der Waals surface area contributed by atoms with Crippen molar-refractivity contribution in [1.29, 1.82) is 0 Å². The van der Waals surface area contributed by atoms with Crippen LogP contribution in [-0.4, -0.2) is 46.2 Å². The van der Waals surface area contributed by atoms with Crippen LogP contribution in [0.1, 0.15) is 44.1 Å². The Morgan fingerprint density at radius 2 is 1.96 bits per heavy atom. The van der Waals surface area contributed by atoms with Crippen LogP contribution in [0.25, 0.3) is 0 Å². The summed E-state index contributed by atoms with van der Waals surface area (Å²) in [5, 5.41) is 11.9. The summed E-state index contributed by atoms with van der Waals surface area (Å²) in [5.74, 6) is -0.493. The van der Waals surface area contributed by atoms with Crippen molar-refractivity contribution in [3.63, 3.8) is 0 Å². The molecular formula is C18H25N3O4. The number of piperidine rings is 1. The number of rotatable bonds is 5. The molecule has 3 rings (SSSR count). The van der Waals surface area contributed by atoms with Crippen LogP contribution >= 0.6 is 0 Å². The second-order valence-corrected chi connectivity index (χ2v) is 6.78. The number of carboxylic acid groups (broad SMARTS) is 1. The average molecular weight is 347 g/mol. The van der Waals surface area contributed by atoms with E-state index < -0.39 is 5.97 Å². The van der Waals surface area contributed by atoms with Gasteiger partial charge in [-0.3, -0.25) is 4.79 Å². The molecule has 2 amide bonds. The van der Waals surface area contributed by atoms with Crippen LogP contribution in [0.5, 0.6) is 5.88 Å². The fraction of sp³-hybridized carbons (Fsp3) is 0.611. The summed E-state index contributed by atoms with van der Waals surface area (Å²) in [6.07, 6.45) is 7.55. The minimum Gasteiger partial charge on any atom is -0.481 e. The number of carboxylic acids is 1. The molecule has 2 N–H and O–H groups in total. The lowest BCUT2D eigenvalue weighted by Crippen LogP contribution is -2.45. The molecule has 25 heavy (non-hydrogen) atoms. The number of aliphatic carboxylic acids is 1. The van der Waals surface area contributed by atoms with Crippen molar-refractivity contribution in [2.45, 2.75) is 51.2 Å². The van der Waals surface area contributed by atoms with E-state index in [9.17, 15) is 9.59 Å². The van der Waals surface area contributed by atoms with Crippen LogP contribution < -0.4 is 10.1 Å². The SMILES string of the molecule is O=C(O)C1CCN(C(=O)NCc2ccnc(OC3CCCC3)c2)CC1. The summed E-state index contributed by atoms with van der Waals surface area (Å²) >= 11 is 0. The second kappa shape index (κ2) is 8.18. The Bertz CT molecular complexity index is 608. The van der Waals surface area contributed by atoms with Gasteiger partial charge in [-0.15, -0.1) is 0 Å². The van der Waals surface area contributed by atoms with E-state index in [4.69, 9.17) is 9.84 Å². The third-order valence-corrected chi connectivity index (χ3v) is 4.96. The van der Waals surface area contributed by atoms with Gasteiger partial charge < -0.3 is 20.1 Å². The van der Waals surface area contributed by atoms with Gasteiger partial charge in [0, 0.05) is 31.9 Å². The van der Waals surface area contributed by atoms with Crippen molar-refractivity contribution in [2.24, 2.45) is 5.92 Å². The molecule has 2 aliphatic rings. The number of ether oxygens (including phenoxy) is 1. The Morgan fingerprint density at radius 3 is 2.64 bits per heavy atom. The quantitative estimate of drug-likeness (QED) is 0.853. The maximum absolute atomic E-state index is 12.2. The maximum Gasteiger partial charge on any atom is 0.317 e. The topological polar surface area (TPSA) is 91.8 Å². The van der Waals surface area contributed by atoms with Crippen LogP contribution in [0.3, 0.4) is 0 Å². The summed E-state index contributed by atoms with van der Waals surface area (Å²) in [7, 11) is 0. The van der Waals surface area contributed by atoms with Gasteiger partial charge >= 0.3 is 12.0 Å². The molecule has 2 heterocycles. The number of amides is 2. The molecule has 0 atom stereocenters. The lowest BCUT2D eigenvalue weighted by Gasteiger charge is -2.30. The van der Waals surface area contributed by atoms with Crippen LogP contribution in [0.4, 0.5) is 4.79 Å². The van der Waals surface area contributed by atoms with E-state index in [2.05, 4.69) is 10.3 Å². The zero-order valence-corrected chi connectivity index (χ0v) is 14.3. The van der Waals surface area contributed by atoms with E-state index in [1.807, 2.05) is 12.1 Å². The van der Waals surface area contributed by atoms with E-state index >= 15 is 0 Å². The van der Waals surface area contributed by atoms with Gasteiger partial charge in [0.05, 0.1) is 5.92 Å². The third-order valence-electron chi connectivity index (χ3n) is 4.96. The molecule has 1 aliphatic carbocycles. The highest BCUT2D eigenvalue weighted by Crippen LogP contribution is 2.23. The highest BCUT2D eigenvalue weighted by Gasteiger charge is 2.26. The smallest absolute Gasteiger partial charge is 0.317 e. The van der Waals surface area contributed by atoms with E-state index in [0.29, 0.717) is 38.4 Å². The minimum absolute atomic E-state index is 0.154. The zero-order valence-electron chi connectivity index (χ0n) is 14.3. The van der Waals surface area contributed by atoms with Gasteiger partial charge in [-0.25, -0.2) is 9.78 Å². The van der Waals surface area contributed by atoms with Gasteiger partial charge in [0.15, 0.2) is 0 Å². The first-order valence-corrected chi connectivity index (χ1v) is 8.99. The number of hydrogen-bond acceptors (Lipinski definition) is 4. The summed E-state index contributed by atoms with van der Waals surface area (Å²) < 4.78 is 5.88. The Morgan fingerprint density at radius 1 is 1.24 bits per heavy atom. The summed E-state index contributed by atoms with van der Waals surface area (Å²) in [5.41, 5.74) is 0.941. The molecule has 7 nitrogen and oxygen atoms in total. The normalized spacial score (nSPS) is 19.0. The van der Waals surface area contributed by atoms with E-state index in [-0.39, 0.29) is 18.1 Å². The number of carbonyl (C=O) groups excluding carboxylic acids is 1. The van der Waals surface area contributed by atoms with Crippen molar-refractivity contribution in [3.05, 3.63) is 23.9 Å². The summed E-state index contributed by atoms with van der Waals surface area (Å²) in [6, 6.07) is 3.58. The zero-order chi connectivity index (χ0) is 17.6. The van der Waals surface area contributed by atoms with Crippen molar-refractivity contribution in [1.82, 2.24) is 15.2 Å². The van der Waals surface area contributed by atoms with E-state index in [0.717, 1.165) is 18.4 Å². The van der Waals surface area contributed by atoms with Gasteiger partial charge in [-0.2, -0.15) is 0 Å². The Balaban J connectivity index is 1.46. The lowest BCUT2D eigenvalue weighted by molar-refractivity contribution is -0.143. The van der Waals surface area contributed by atoms with E-state index in [1.54, 1.807) is 11.1 Å². The molecule has 7 heteroatoms. The lowest BCUT2D eigenvalue weighted by atomic mass is 9.97. The molecule has 0 aromatic carbocycles. The number of urea groups is 1. The van der Waals surface area contributed by atoms with Crippen molar-refractivity contribution < 1.29 is 19.4 Å². The first kappa shape index (κ1) is 17.5. The van der Waals surface area contributed by atoms with Crippen molar-refractivity contribution >= 4 is 12.0 Å². The number of aromatic nitrogens is 1. The molecule has 2 fully saturated rings. The summed E-state index contributed by atoms with van der Waals surface area (Å²) in [4.78, 5) is 29.1. The van der Waals surface area contributed by atoms with Gasteiger partial charge in [-0.1, -0.05) is 0 Å². The van der Waals surface area contributed by atoms with Gasteiger partial charge in [0.25, 0.3) is 0 Å². The van der Waals surface area contributed by atoms with Crippen LogP contribution in [0.2, 0.25) is 0 Å². The fourth-order valence-corrected chi connectivity index (χ4v) is 3.42. The monoisotopic (exact) mass is 347 g/mol. The highest BCUT2D eigenvalue weighted by molar-refractivity contribution is 5.75. The number of likely N-dealkylation sites (tertiary alicyclic amines) is 1. The molecular weight excluding hydrogens is 322 g/mol. The van der Waals surface area contributed by atoms with Gasteiger partial charge in [0.1, 0.15) is 6.10 Å². The first-order chi connectivity index (χ1) is 12.1. The summed E-state index contributed by atoms with van der Waals surface area (Å²) in [6.45, 7) is 1.37. The van der Waals surface area contributed by atoms with Crippen LogP contribution in [0, 0.1) is 5.92 Å². The fourth-order valence-electron chi connectivity index (χ4n) is 3.42. The molecule has 0 radical (unpaired) electrons. The predicted molar refractivity (Wildman–Crippen MR) is 91.3 cm³/mol. The molecule has 0 unspecified atom stereocenters. The number of carbonyl (C=O) groups is 2. The van der Waals surface area contributed by atoms with Gasteiger partial charge in [-0.05, 0) is 50.2 Å². The maximum atomic E-state index is 12.2. The predicted octanol–water partition coefficient (Wildman–Crippen LogP) is 2.41. The Hall–Kier alpha value is -2.31. The van der Waals surface area contributed by atoms with Crippen LogP contribution in [0.15, 0.2) is 18.3 Å². The number of hydrogen-bond donors (Lipinski definition) is 2. The van der Waals surface area contributed by atoms with Crippen LogP contribution in [-0.2, 0) is 11.3 Å². The largest absolute Gasteiger partial charge is 0.481 e. The number of nitrogens with one attached hydrogen (secondary N) is 1. The Kier molecular flexibility index (Phi) is 5.73. The second-order valence-electron chi connectivity index (χ2n) is 6.78. The molecule has 0 bridgehead atoms. The van der Waals surface area contributed by atoms with Gasteiger partial charge in [0.2, 0.25) is 5.88 Å². The standard InChI is InChI=1S/C18H25N3O4/c22-17(23)14-6-9-21(10-7-14)18(24)20-12-13-5-8-19-16(11-13)25-15-3-1-2-4-15/h5,8,11,14-15H,1-4,6-7,9-10,12H2,(H,20,24)(H,22,23). The molecule has 1 aliphatic heterocycles. The number of nitrogens with zero attached hydrogens (tertiary/aromatic N) is 2. The molecule has 1 aromatic rings. The average Bonchev–Trinajstić information content (AvgIpc) is 3.13. The highest BCUT2D eigenvalue weighted by atomic mass is 16.5. The molecule has 1 saturated carbocycles. The Labute approximate surface area is 147 Å². The van der Waals surface area contributed by atoms with E-state index in [1.165, 1.54) is 12.8 Å². The first-order valence-electron chi connectivity index (χ1n) is 8.99. The van der Waals surface area contributed by atoms with Crippen molar-refractivity contribution in [2.75, 3.05) is 13.1 Å². The molecule has 136 valence electrons. The third kappa shape index (κ3) is 4.84. The molecule has 1 aromatic heterocycles.